The van der Waals surface area contributed by atoms with Crippen molar-refractivity contribution in [3.63, 3.8) is 0 Å². The van der Waals surface area contributed by atoms with E-state index >= 15 is 0 Å². The van der Waals surface area contributed by atoms with Crippen LogP contribution >= 0.6 is 0 Å². The van der Waals surface area contributed by atoms with Crippen molar-refractivity contribution >= 4 is 51.8 Å². The zero-order chi connectivity index (χ0) is 40.6. The third-order valence-electron chi connectivity index (χ3n) is 10.4. The van der Waals surface area contributed by atoms with Crippen LogP contribution in [0.1, 0.15) is 88.0 Å². The highest BCUT2D eigenvalue weighted by Gasteiger charge is 2.44. The van der Waals surface area contributed by atoms with Crippen LogP contribution in [0.3, 0.4) is 0 Å². The van der Waals surface area contributed by atoms with E-state index in [1.165, 1.54) is 6.07 Å². The number of rotatable bonds is 12. The van der Waals surface area contributed by atoms with E-state index in [0.29, 0.717) is 35.2 Å². The Balaban J connectivity index is 0.878. The highest BCUT2D eigenvalue weighted by atomic mass is 19.4. The maximum absolute atomic E-state index is 13.2. The molecule has 5 amide bonds. The number of benzene rings is 2. The van der Waals surface area contributed by atoms with Gasteiger partial charge in [-0.05, 0) is 75.6 Å². The Morgan fingerprint density at radius 2 is 1.70 bits per heavy atom. The maximum Gasteiger partial charge on any atom is 0.433 e. The molecular formula is C39H42F3N9O6. The summed E-state index contributed by atoms with van der Waals surface area (Å²) in [4.78, 5) is 69.7. The maximum atomic E-state index is 13.2. The second-order valence-electron chi connectivity index (χ2n) is 14.9. The van der Waals surface area contributed by atoms with E-state index in [4.69, 9.17) is 5.10 Å². The highest BCUT2D eigenvalue weighted by Crippen LogP contribution is 2.34. The van der Waals surface area contributed by atoms with Crippen molar-refractivity contribution in [2.75, 3.05) is 49.9 Å². The van der Waals surface area contributed by atoms with Gasteiger partial charge in [-0.2, -0.15) is 18.3 Å². The Hall–Kier alpha value is -5.72. The molecule has 2 aromatic carbocycles. The normalized spacial score (nSPS) is 18.3. The average Bonchev–Trinajstić information content (AvgIpc) is 3.69. The lowest BCUT2D eigenvalue weighted by Gasteiger charge is -2.32. The summed E-state index contributed by atoms with van der Waals surface area (Å²) in [6.07, 6.45) is -0.979. The first-order valence-corrected chi connectivity index (χ1v) is 18.7. The van der Waals surface area contributed by atoms with Gasteiger partial charge in [0.25, 0.3) is 17.7 Å². The lowest BCUT2D eigenvalue weighted by Crippen LogP contribution is -2.54. The molecule has 0 spiro atoms. The van der Waals surface area contributed by atoms with Gasteiger partial charge in [0.15, 0.2) is 0 Å². The first-order chi connectivity index (χ1) is 27.1. The number of alkyl halides is 3. The van der Waals surface area contributed by atoms with Gasteiger partial charge in [-0.1, -0.05) is 6.07 Å². The minimum atomic E-state index is -4.70. The van der Waals surface area contributed by atoms with Gasteiger partial charge in [0, 0.05) is 74.2 Å². The number of imide groups is 2. The molecule has 0 bridgehead atoms. The first kappa shape index (κ1) is 39.5. The molecule has 7 rings (SSSR count). The number of halogens is 3. The molecule has 1 unspecified atom stereocenters. The van der Waals surface area contributed by atoms with Gasteiger partial charge in [0.1, 0.15) is 17.4 Å². The van der Waals surface area contributed by atoms with Crippen molar-refractivity contribution in [1.29, 1.82) is 0 Å². The summed E-state index contributed by atoms with van der Waals surface area (Å²) in [7, 11) is 0. The lowest BCUT2D eigenvalue weighted by molar-refractivity contribution is -0.141. The first-order valence-electron chi connectivity index (χ1n) is 18.7. The predicted octanol–water partition coefficient (Wildman–Crippen LogP) is 3.67. The molecule has 3 aliphatic heterocycles. The Morgan fingerprint density at radius 3 is 2.42 bits per heavy atom. The molecule has 18 heteroatoms. The molecule has 3 aliphatic rings. The third kappa shape index (κ3) is 8.52. The van der Waals surface area contributed by atoms with Crippen LogP contribution in [0.5, 0.6) is 0 Å². The Bertz CT molecular complexity index is 2240. The number of anilines is 2. The number of aromatic nitrogens is 3. The van der Waals surface area contributed by atoms with E-state index in [1.54, 1.807) is 44.2 Å². The number of carbonyl (C=O) groups is 5. The molecule has 0 aliphatic carbocycles. The average molecular weight is 790 g/mol. The summed E-state index contributed by atoms with van der Waals surface area (Å²) in [6, 6.07) is 10.5. The number of carbonyl (C=O) groups excluding carboxylic acids is 5. The van der Waals surface area contributed by atoms with Crippen LogP contribution in [0.2, 0.25) is 0 Å². The van der Waals surface area contributed by atoms with Crippen molar-refractivity contribution in [3.8, 4) is 0 Å². The summed E-state index contributed by atoms with van der Waals surface area (Å²) in [6.45, 7) is 7.58. The van der Waals surface area contributed by atoms with E-state index in [9.17, 15) is 42.3 Å². The monoisotopic (exact) mass is 789 g/mol. The number of hydrogen-bond donors (Lipinski definition) is 5. The van der Waals surface area contributed by atoms with Gasteiger partial charge in [-0.3, -0.25) is 38.9 Å². The molecule has 4 aromatic rings. The minimum absolute atomic E-state index is 0.0588. The van der Waals surface area contributed by atoms with Crippen LogP contribution in [0, 0.1) is 0 Å². The Kier molecular flexibility index (Phi) is 10.9. The predicted molar refractivity (Wildman–Crippen MR) is 201 cm³/mol. The number of pyridine rings is 1. The zero-order valence-electron chi connectivity index (χ0n) is 31.3. The number of nitrogens with zero attached hydrogens (tertiary/aromatic N) is 5. The van der Waals surface area contributed by atoms with E-state index in [1.807, 2.05) is 10.9 Å². The number of fused-ring (bicyclic) bond motifs is 2. The van der Waals surface area contributed by atoms with Crippen molar-refractivity contribution in [2.45, 2.75) is 63.4 Å². The molecule has 2 saturated heterocycles. The smallest absolute Gasteiger partial charge is 0.386 e. The molecule has 5 N–H and O–H groups in total. The molecule has 2 fully saturated rings. The van der Waals surface area contributed by atoms with Crippen molar-refractivity contribution in [3.05, 3.63) is 82.8 Å². The molecule has 0 saturated carbocycles. The summed E-state index contributed by atoms with van der Waals surface area (Å²) >= 11 is 0. The number of aliphatic hydroxyl groups is 1. The van der Waals surface area contributed by atoms with Crippen LogP contribution in [0.25, 0.3) is 10.9 Å². The number of nitrogens with one attached hydrogen (secondary N) is 4. The lowest BCUT2D eigenvalue weighted by atomic mass is 9.95. The zero-order valence-corrected chi connectivity index (χ0v) is 31.3. The minimum Gasteiger partial charge on any atom is -0.386 e. The van der Waals surface area contributed by atoms with Gasteiger partial charge >= 0.3 is 6.18 Å². The number of likely N-dealkylation sites (tertiary alicyclic amines) is 1. The van der Waals surface area contributed by atoms with Crippen molar-refractivity contribution in [2.24, 2.45) is 0 Å². The number of amides is 5. The van der Waals surface area contributed by atoms with Crippen molar-refractivity contribution < 1.29 is 42.3 Å². The van der Waals surface area contributed by atoms with Gasteiger partial charge < -0.3 is 26.0 Å². The second-order valence-corrected chi connectivity index (χ2v) is 14.9. The van der Waals surface area contributed by atoms with Crippen LogP contribution in [0.4, 0.5) is 24.5 Å². The quantitative estimate of drug-likeness (QED) is 0.104. The standard InChI is InChI=1S/C39H42F3N9O6/c1-38(2,57)27-20-29-22(18-30(27)46-34(53)28-4-3-5-32(45-28)39(40,41)42)21-50(48-29)24-10-15-49(16-11-24)17-14-43-12-13-44-23-6-7-25-26(19-23)37(56)51(36(25)55)31-8-9-33(52)47-35(31)54/h3-7,18-21,24,31,43-44,57H,8-17H2,1-2H3,(H,46,53)(H,47,52,54). The largest absolute Gasteiger partial charge is 0.433 e. The topological polar surface area (TPSA) is 191 Å². The molecule has 2 aromatic heterocycles. The molecule has 5 heterocycles. The summed E-state index contributed by atoms with van der Waals surface area (Å²) in [5.74, 6) is -3.01. The van der Waals surface area contributed by atoms with Crippen LogP contribution in [0.15, 0.2) is 54.7 Å². The van der Waals surface area contributed by atoms with Gasteiger partial charge in [0.2, 0.25) is 11.8 Å². The molecule has 0 radical (unpaired) electrons. The number of piperidine rings is 2. The Labute approximate surface area is 325 Å². The summed E-state index contributed by atoms with van der Waals surface area (Å²) in [5, 5.41) is 27.9. The van der Waals surface area contributed by atoms with E-state index in [2.05, 4.69) is 31.2 Å². The number of hydrogen-bond acceptors (Lipinski definition) is 11. The van der Waals surface area contributed by atoms with Crippen LogP contribution < -0.4 is 21.3 Å². The van der Waals surface area contributed by atoms with Crippen LogP contribution in [-0.4, -0.2) is 105 Å². The molecule has 1 atom stereocenters. The van der Waals surface area contributed by atoms with E-state index < -0.39 is 58.7 Å². The highest BCUT2D eigenvalue weighted by molar-refractivity contribution is 6.23. The molecule has 57 heavy (non-hydrogen) atoms. The van der Waals surface area contributed by atoms with E-state index in [0.717, 1.165) is 56.1 Å². The van der Waals surface area contributed by atoms with Crippen LogP contribution in [-0.2, 0) is 21.4 Å². The van der Waals surface area contributed by atoms with Gasteiger partial charge in [-0.15, -0.1) is 0 Å². The summed E-state index contributed by atoms with van der Waals surface area (Å²) < 4.78 is 41.5. The van der Waals surface area contributed by atoms with E-state index in [-0.39, 0.29) is 35.7 Å². The fourth-order valence-electron chi connectivity index (χ4n) is 7.44. The molecule has 300 valence electrons. The van der Waals surface area contributed by atoms with Gasteiger partial charge in [0.05, 0.1) is 28.3 Å². The summed E-state index contributed by atoms with van der Waals surface area (Å²) in [5.41, 5.74) is -0.661. The fraction of sp³-hybridized carbons (Fsp3) is 0.410. The molecule has 15 nitrogen and oxygen atoms in total. The third-order valence-corrected chi connectivity index (χ3v) is 10.4. The Morgan fingerprint density at radius 1 is 0.947 bits per heavy atom. The fourth-order valence-corrected chi connectivity index (χ4v) is 7.44. The van der Waals surface area contributed by atoms with Gasteiger partial charge in [-0.25, -0.2) is 4.98 Å². The SMILES string of the molecule is CC(C)(O)c1cc2nn(C3CCN(CCNCCNc4ccc5c(c4)C(=O)N(C4CCC(=O)NC4=O)C5=O)CC3)cc2cc1NC(=O)c1cccc(C(F)(F)F)n1. The molecular weight excluding hydrogens is 747 g/mol. The second kappa shape index (κ2) is 15.7. The van der Waals surface area contributed by atoms with Crippen molar-refractivity contribution in [1.82, 2.24) is 35.2 Å².